The van der Waals surface area contributed by atoms with Gasteiger partial charge in [0.05, 0.1) is 12.1 Å². The van der Waals surface area contributed by atoms with Gasteiger partial charge in [0.2, 0.25) is 5.91 Å². The van der Waals surface area contributed by atoms with Crippen LogP contribution in [0.25, 0.3) is 0 Å². The Hall–Kier alpha value is -1.88. The molecule has 2 N–H and O–H groups in total. The molecular weight excluding hydrogens is 280 g/mol. The van der Waals surface area contributed by atoms with E-state index in [1.807, 2.05) is 18.2 Å². The summed E-state index contributed by atoms with van der Waals surface area (Å²) in [5.74, 6) is -0.281. The summed E-state index contributed by atoms with van der Waals surface area (Å²) in [6.45, 7) is 0.524. The lowest BCUT2D eigenvalue weighted by Gasteiger charge is -2.33. The Kier molecular flexibility index (Phi) is 4.16. The molecule has 1 heterocycles. The van der Waals surface area contributed by atoms with Crippen LogP contribution in [0.15, 0.2) is 24.3 Å². The number of benzene rings is 1. The molecule has 0 bridgehead atoms. The van der Waals surface area contributed by atoms with E-state index in [0.29, 0.717) is 18.6 Å². The van der Waals surface area contributed by atoms with Crippen molar-refractivity contribution in [1.82, 2.24) is 10.6 Å². The number of carbonyl (C=O) groups is 2. The van der Waals surface area contributed by atoms with Crippen molar-refractivity contribution in [3.8, 4) is 0 Å². The fourth-order valence-corrected chi connectivity index (χ4v) is 3.57. The van der Waals surface area contributed by atoms with Gasteiger partial charge in [-0.15, -0.1) is 0 Å². The van der Waals surface area contributed by atoms with Gasteiger partial charge in [-0.2, -0.15) is 0 Å². The normalized spacial score (nSPS) is 22.8. The van der Waals surface area contributed by atoms with Crippen LogP contribution in [0.1, 0.15) is 41.6 Å². The smallest absolute Gasteiger partial charge is 0.252 e. The number of hydrogen-bond donors (Lipinski definition) is 2. The number of rotatable bonds is 4. The highest BCUT2D eigenvalue weighted by molar-refractivity contribution is 6.00. The van der Waals surface area contributed by atoms with Crippen molar-refractivity contribution in [3.63, 3.8) is 0 Å². The first-order chi connectivity index (χ1) is 10.6. The molecule has 0 saturated heterocycles. The van der Waals surface area contributed by atoms with Gasteiger partial charge in [0.15, 0.2) is 0 Å². The summed E-state index contributed by atoms with van der Waals surface area (Å²) in [7, 11) is 1.66. The summed E-state index contributed by atoms with van der Waals surface area (Å²) in [5, 5.41) is 5.95. The zero-order chi connectivity index (χ0) is 15.6. The van der Waals surface area contributed by atoms with Crippen molar-refractivity contribution in [3.05, 3.63) is 35.4 Å². The molecule has 1 aliphatic heterocycles. The Morgan fingerprint density at radius 1 is 1.36 bits per heavy atom. The van der Waals surface area contributed by atoms with Gasteiger partial charge in [0.25, 0.3) is 5.91 Å². The Morgan fingerprint density at radius 2 is 2.09 bits per heavy atom. The van der Waals surface area contributed by atoms with Gasteiger partial charge >= 0.3 is 0 Å². The highest BCUT2D eigenvalue weighted by Gasteiger charge is 2.38. The molecule has 0 radical (unpaired) electrons. The van der Waals surface area contributed by atoms with E-state index in [2.05, 4.69) is 10.6 Å². The summed E-state index contributed by atoms with van der Waals surface area (Å²) in [6.07, 6.45) is 4.61. The fraction of sp³-hybridized carbons (Fsp3) is 0.529. The second kappa shape index (κ2) is 6.08. The van der Waals surface area contributed by atoms with Crippen molar-refractivity contribution in [2.75, 3.05) is 13.7 Å². The fourth-order valence-electron chi connectivity index (χ4n) is 3.57. The maximum Gasteiger partial charge on any atom is 0.252 e. The minimum atomic E-state index is -0.503. The Balaban J connectivity index is 1.72. The zero-order valence-corrected chi connectivity index (χ0v) is 12.9. The summed E-state index contributed by atoms with van der Waals surface area (Å²) >= 11 is 0. The number of fused-ring (bicyclic) bond motifs is 1. The van der Waals surface area contributed by atoms with Gasteiger partial charge < -0.3 is 15.4 Å². The molecule has 5 heteroatoms. The molecule has 1 atom stereocenters. The molecule has 1 aromatic rings. The molecule has 1 aromatic carbocycles. The molecule has 118 valence electrons. The lowest BCUT2D eigenvalue weighted by Crippen LogP contribution is -2.58. The summed E-state index contributed by atoms with van der Waals surface area (Å²) < 4.78 is 5.29. The van der Waals surface area contributed by atoms with E-state index in [1.165, 1.54) is 0 Å². The van der Waals surface area contributed by atoms with Crippen LogP contribution in [0.3, 0.4) is 0 Å². The number of nitrogens with one attached hydrogen (secondary N) is 2. The van der Waals surface area contributed by atoms with Crippen LogP contribution in [0.5, 0.6) is 0 Å². The number of hydrogen-bond acceptors (Lipinski definition) is 3. The van der Waals surface area contributed by atoms with E-state index in [1.54, 1.807) is 13.2 Å². The monoisotopic (exact) mass is 302 g/mol. The highest BCUT2D eigenvalue weighted by Crippen LogP contribution is 2.30. The van der Waals surface area contributed by atoms with E-state index < -0.39 is 6.04 Å². The second-order valence-corrected chi connectivity index (χ2v) is 6.30. The van der Waals surface area contributed by atoms with Crippen LogP contribution < -0.4 is 10.6 Å². The van der Waals surface area contributed by atoms with Gasteiger partial charge in [-0.1, -0.05) is 31.0 Å². The number of methoxy groups -OCH3 is 1. The average molecular weight is 302 g/mol. The third-order valence-electron chi connectivity index (χ3n) is 4.68. The highest BCUT2D eigenvalue weighted by atomic mass is 16.5. The molecule has 0 aromatic heterocycles. The standard InChI is InChI=1S/C17H22N2O3/c1-22-11-17(8-4-5-9-17)19-16(21)14-10-12-6-2-3-7-13(12)15(20)18-14/h2-3,6-7,14H,4-5,8-11H2,1H3,(H,18,20)(H,19,21)/t14-/m0/s1. The van der Waals surface area contributed by atoms with Crippen molar-refractivity contribution in [2.45, 2.75) is 43.7 Å². The van der Waals surface area contributed by atoms with Gasteiger partial charge in [-0.3, -0.25) is 9.59 Å². The van der Waals surface area contributed by atoms with Crippen molar-refractivity contribution in [1.29, 1.82) is 0 Å². The Bertz CT molecular complexity index is 579. The zero-order valence-electron chi connectivity index (χ0n) is 12.9. The van der Waals surface area contributed by atoms with Crippen LogP contribution >= 0.6 is 0 Å². The number of carbonyl (C=O) groups excluding carboxylic acids is 2. The van der Waals surface area contributed by atoms with E-state index in [-0.39, 0.29) is 17.4 Å². The lowest BCUT2D eigenvalue weighted by molar-refractivity contribution is -0.125. The summed E-state index contributed by atoms with van der Waals surface area (Å²) in [5.41, 5.74) is 1.32. The average Bonchev–Trinajstić information content (AvgIpc) is 2.96. The molecule has 22 heavy (non-hydrogen) atoms. The Labute approximate surface area is 130 Å². The Morgan fingerprint density at radius 3 is 2.82 bits per heavy atom. The van der Waals surface area contributed by atoms with Crippen LogP contribution in [0.2, 0.25) is 0 Å². The lowest BCUT2D eigenvalue weighted by atomic mass is 9.93. The molecule has 1 aliphatic carbocycles. The summed E-state index contributed by atoms with van der Waals surface area (Å²) in [6, 6.07) is 6.94. The predicted molar refractivity (Wildman–Crippen MR) is 82.6 cm³/mol. The van der Waals surface area contributed by atoms with Crippen molar-refractivity contribution in [2.24, 2.45) is 0 Å². The van der Waals surface area contributed by atoms with E-state index >= 15 is 0 Å². The van der Waals surface area contributed by atoms with Gasteiger partial charge in [0.1, 0.15) is 6.04 Å². The molecule has 5 nitrogen and oxygen atoms in total. The first-order valence-electron chi connectivity index (χ1n) is 7.83. The predicted octanol–water partition coefficient (Wildman–Crippen LogP) is 1.42. The van der Waals surface area contributed by atoms with E-state index in [9.17, 15) is 9.59 Å². The van der Waals surface area contributed by atoms with Gasteiger partial charge in [0, 0.05) is 19.1 Å². The number of amides is 2. The first-order valence-corrected chi connectivity index (χ1v) is 7.83. The molecular formula is C17H22N2O3. The molecule has 1 saturated carbocycles. The molecule has 2 aliphatic rings. The van der Waals surface area contributed by atoms with Crippen molar-refractivity contribution < 1.29 is 14.3 Å². The second-order valence-electron chi connectivity index (χ2n) is 6.30. The van der Waals surface area contributed by atoms with Crippen LogP contribution in [0.4, 0.5) is 0 Å². The molecule has 0 unspecified atom stereocenters. The number of ether oxygens (including phenoxy) is 1. The third-order valence-corrected chi connectivity index (χ3v) is 4.68. The first kappa shape index (κ1) is 15.0. The minimum absolute atomic E-state index is 0.109. The maximum absolute atomic E-state index is 12.6. The largest absolute Gasteiger partial charge is 0.382 e. The minimum Gasteiger partial charge on any atom is -0.382 e. The topological polar surface area (TPSA) is 67.4 Å². The van der Waals surface area contributed by atoms with Crippen LogP contribution in [0, 0.1) is 0 Å². The SMILES string of the molecule is COCC1(NC(=O)[C@@H]2Cc3ccccc3C(=O)N2)CCCC1. The van der Waals surface area contributed by atoms with E-state index in [4.69, 9.17) is 4.74 Å². The molecule has 0 spiro atoms. The van der Waals surface area contributed by atoms with Crippen LogP contribution in [-0.4, -0.2) is 37.1 Å². The van der Waals surface area contributed by atoms with E-state index in [0.717, 1.165) is 31.2 Å². The summed E-state index contributed by atoms with van der Waals surface area (Å²) in [4.78, 5) is 24.7. The molecule has 1 fully saturated rings. The quantitative estimate of drug-likeness (QED) is 0.884. The van der Waals surface area contributed by atoms with Crippen LogP contribution in [-0.2, 0) is 16.0 Å². The van der Waals surface area contributed by atoms with Gasteiger partial charge in [-0.05, 0) is 24.5 Å². The van der Waals surface area contributed by atoms with Crippen molar-refractivity contribution >= 4 is 11.8 Å². The molecule has 3 rings (SSSR count). The third kappa shape index (κ3) is 2.86. The maximum atomic E-state index is 12.6. The molecule has 2 amide bonds. The van der Waals surface area contributed by atoms with Gasteiger partial charge in [-0.25, -0.2) is 0 Å².